The Hall–Kier alpha value is -1.16. The van der Waals surface area contributed by atoms with E-state index >= 15 is 0 Å². The first kappa shape index (κ1) is 11.3. The fourth-order valence-electron chi connectivity index (χ4n) is 2.01. The Bertz CT molecular complexity index is 377. The molecule has 2 nitrogen and oxygen atoms in total. The first-order valence-electron chi connectivity index (χ1n) is 5.41. The van der Waals surface area contributed by atoms with Gasteiger partial charge in [-0.3, -0.25) is 0 Å². The summed E-state index contributed by atoms with van der Waals surface area (Å²) >= 11 is 0. The first-order valence-corrected chi connectivity index (χ1v) is 5.41. The summed E-state index contributed by atoms with van der Waals surface area (Å²) in [5.74, 6) is -1.31. The van der Waals surface area contributed by atoms with Crippen molar-refractivity contribution >= 4 is 0 Å². The minimum Gasteiger partial charge on any atom is -0.494 e. The van der Waals surface area contributed by atoms with Gasteiger partial charge in [0.25, 0.3) is 0 Å². The fraction of sp³-hybridized carbons (Fsp3) is 0.500. The molecule has 4 heteroatoms. The van der Waals surface area contributed by atoms with E-state index in [1.807, 2.05) is 0 Å². The van der Waals surface area contributed by atoms with Gasteiger partial charge in [-0.2, -0.15) is 0 Å². The Balaban J connectivity index is 2.39. The predicted molar refractivity (Wildman–Crippen MR) is 55.3 cm³/mol. The number of rotatable bonds is 3. The molecule has 0 spiro atoms. The molecule has 2 rings (SSSR count). The lowest BCUT2D eigenvalue weighted by Gasteiger charge is -2.37. The average Bonchev–Trinajstić information content (AvgIpc) is 2.14. The van der Waals surface area contributed by atoms with Gasteiger partial charge in [-0.25, -0.2) is 8.78 Å². The van der Waals surface area contributed by atoms with Crippen molar-refractivity contribution in [2.45, 2.75) is 31.8 Å². The van der Waals surface area contributed by atoms with Crippen LogP contribution in [0.25, 0.3) is 0 Å². The number of ether oxygens (including phenoxy) is 1. The maximum absolute atomic E-state index is 13.7. The van der Waals surface area contributed by atoms with E-state index in [0.717, 1.165) is 18.6 Å². The monoisotopic (exact) mass is 228 g/mol. The molecular weight excluding hydrogens is 214 g/mol. The van der Waals surface area contributed by atoms with Gasteiger partial charge in [0.2, 0.25) is 0 Å². The van der Waals surface area contributed by atoms with Crippen LogP contribution in [-0.4, -0.2) is 11.7 Å². The van der Waals surface area contributed by atoms with Gasteiger partial charge in [-0.1, -0.05) is 0 Å². The zero-order valence-corrected chi connectivity index (χ0v) is 9.09. The third-order valence-corrected chi connectivity index (χ3v) is 2.97. The molecule has 0 saturated heterocycles. The van der Waals surface area contributed by atoms with E-state index in [2.05, 4.69) is 0 Å². The summed E-state index contributed by atoms with van der Waals surface area (Å²) < 4.78 is 32.4. The molecule has 0 heterocycles. The summed E-state index contributed by atoms with van der Waals surface area (Å²) in [5.41, 5.74) is -1.54. The van der Waals surface area contributed by atoms with Crippen LogP contribution < -0.4 is 4.74 Å². The lowest BCUT2D eigenvalue weighted by molar-refractivity contribution is -0.0447. The molecule has 0 aromatic heterocycles. The molecule has 1 aliphatic rings. The lowest BCUT2D eigenvalue weighted by Crippen LogP contribution is -2.35. The second kappa shape index (κ2) is 4.01. The Morgan fingerprint density at radius 2 is 1.88 bits per heavy atom. The highest BCUT2D eigenvalue weighted by molar-refractivity contribution is 5.35. The minimum absolute atomic E-state index is 0.157. The molecule has 88 valence electrons. The number of hydrogen-bond donors (Lipinski definition) is 1. The van der Waals surface area contributed by atoms with Crippen LogP contribution in [0.3, 0.4) is 0 Å². The zero-order chi connectivity index (χ0) is 11.8. The Labute approximate surface area is 92.9 Å². The van der Waals surface area contributed by atoms with Crippen molar-refractivity contribution < 1.29 is 18.6 Å². The molecule has 1 aromatic carbocycles. The van der Waals surface area contributed by atoms with Gasteiger partial charge < -0.3 is 9.84 Å². The van der Waals surface area contributed by atoms with Crippen LogP contribution in [0, 0.1) is 11.6 Å². The predicted octanol–water partition coefficient (Wildman–Crippen LogP) is 2.74. The molecule has 0 aliphatic heterocycles. The van der Waals surface area contributed by atoms with Crippen LogP contribution in [0.1, 0.15) is 31.7 Å². The van der Waals surface area contributed by atoms with Crippen molar-refractivity contribution in [1.29, 1.82) is 0 Å². The Morgan fingerprint density at radius 3 is 2.25 bits per heavy atom. The molecule has 1 fully saturated rings. The lowest BCUT2D eigenvalue weighted by atomic mass is 9.74. The molecule has 1 aliphatic carbocycles. The summed E-state index contributed by atoms with van der Waals surface area (Å²) in [6.07, 6.45) is 1.62. The van der Waals surface area contributed by atoms with Gasteiger partial charge in [0.15, 0.2) is 0 Å². The normalized spacial score (nSPS) is 18.0. The molecule has 1 aromatic rings. The minimum atomic E-state index is -1.32. The standard InChI is InChI=1S/C12H14F2O2/c1-2-16-8-6-9(13)11(10(14)7-8)12(15)4-3-5-12/h6-7,15H,2-5H2,1H3. The highest BCUT2D eigenvalue weighted by Gasteiger charge is 2.40. The Morgan fingerprint density at radius 1 is 1.31 bits per heavy atom. The molecule has 0 atom stereocenters. The topological polar surface area (TPSA) is 29.5 Å². The SMILES string of the molecule is CCOc1cc(F)c(C2(O)CCC2)c(F)c1. The van der Waals surface area contributed by atoms with E-state index in [4.69, 9.17) is 4.74 Å². The van der Waals surface area contributed by atoms with Crippen LogP contribution in [0.2, 0.25) is 0 Å². The summed E-state index contributed by atoms with van der Waals surface area (Å²) in [7, 11) is 0. The van der Waals surface area contributed by atoms with Gasteiger partial charge >= 0.3 is 0 Å². The molecule has 0 unspecified atom stereocenters. The summed E-state index contributed by atoms with van der Waals surface area (Å²) in [6, 6.07) is 2.25. The molecule has 16 heavy (non-hydrogen) atoms. The molecule has 0 bridgehead atoms. The maximum Gasteiger partial charge on any atom is 0.135 e. The third-order valence-electron chi connectivity index (χ3n) is 2.97. The Kier molecular flexibility index (Phi) is 2.84. The van der Waals surface area contributed by atoms with Crippen molar-refractivity contribution in [2.75, 3.05) is 6.61 Å². The van der Waals surface area contributed by atoms with E-state index in [0.29, 0.717) is 19.4 Å². The van der Waals surface area contributed by atoms with Gasteiger partial charge in [0.1, 0.15) is 17.4 Å². The van der Waals surface area contributed by atoms with Crippen molar-refractivity contribution in [3.05, 3.63) is 29.3 Å². The van der Waals surface area contributed by atoms with Gasteiger partial charge in [-0.15, -0.1) is 0 Å². The maximum atomic E-state index is 13.7. The second-order valence-electron chi connectivity index (χ2n) is 4.08. The summed E-state index contributed by atoms with van der Waals surface area (Å²) in [5, 5.41) is 9.94. The smallest absolute Gasteiger partial charge is 0.135 e. The summed E-state index contributed by atoms with van der Waals surface area (Å²) in [4.78, 5) is 0. The molecule has 1 saturated carbocycles. The second-order valence-corrected chi connectivity index (χ2v) is 4.08. The van der Waals surface area contributed by atoms with Crippen LogP contribution >= 0.6 is 0 Å². The quantitative estimate of drug-likeness (QED) is 0.861. The molecular formula is C12H14F2O2. The van der Waals surface area contributed by atoms with Crippen molar-refractivity contribution in [3.63, 3.8) is 0 Å². The average molecular weight is 228 g/mol. The van der Waals surface area contributed by atoms with Crippen molar-refractivity contribution in [1.82, 2.24) is 0 Å². The first-order chi connectivity index (χ1) is 7.57. The van der Waals surface area contributed by atoms with Gasteiger partial charge in [-0.05, 0) is 26.2 Å². The highest BCUT2D eigenvalue weighted by atomic mass is 19.1. The van der Waals surface area contributed by atoms with Crippen LogP contribution in [-0.2, 0) is 5.60 Å². The molecule has 0 amide bonds. The van der Waals surface area contributed by atoms with Crippen LogP contribution in [0.4, 0.5) is 8.78 Å². The number of hydrogen-bond acceptors (Lipinski definition) is 2. The van der Waals surface area contributed by atoms with E-state index in [9.17, 15) is 13.9 Å². The number of halogens is 2. The molecule has 1 N–H and O–H groups in total. The molecule has 0 radical (unpaired) electrons. The van der Waals surface area contributed by atoms with E-state index < -0.39 is 17.2 Å². The van der Waals surface area contributed by atoms with Gasteiger partial charge in [0, 0.05) is 12.1 Å². The largest absolute Gasteiger partial charge is 0.494 e. The highest BCUT2D eigenvalue weighted by Crippen LogP contribution is 2.43. The number of benzene rings is 1. The summed E-state index contributed by atoms with van der Waals surface area (Å²) in [6.45, 7) is 2.09. The van der Waals surface area contributed by atoms with Crippen molar-refractivity contribution in [3.8, 4) is 5.75 Å². The van der Waals surface area contributed by atoms with Crippen LogP contribution in [0.15, 0.2) is 12.1 Å². The van der Waals surface area contributed by atoms with E-state index in [1.54, 1.807) is 6.92 Å². The number of aliphatic hydroxyl groups is 1. The van der Waals surface area contributed by atoms with Crippen LogP contribution in [0.5, 0.6) is 5.75 Å². The van der Waals surface area contributed by atoms with Gasteiger partial charge in [0.05, 0.1) is 17.8 Å². The van der Waals surface area contributed by atoms with E-state index in [1.165, 1.54) is 0 Å². The zero-order valence-electron chi connectivity index (χ0n) is 9.09. The fourth-order valence-corrected chi connectivity index (χ4v) is 2.01. The van der Waals surface area contributed by atoms with Crippen molar-refractivity contribution in [2.24, 2.45) is 0 Å². The van der Waals surface area contributed by atoms with E-state index in [-0.39, 0.29) is 11.3 Å². The third kappa shape index (κ3) is 1.78.